The number of para-hydroxylation sites is 3. The molecule has 598 valence electrons. The Hall–Kier alpha value is -16.7. The summed E-state index contributed by atoms with van der Waals surface area (Å²) in [6, 6.07) is 172. The normalized spacial score (nSPS) is 13.1. The number of benzene rings is 21. The van der Waals surface area contributed by atoms with Gasteiger partial charge in [0.25, 0.3) is 0 Å². The number of rotatable bonds is 9. The fourth-order valence-electron chi connectivity index (χ4n) is 22.7. The maximum absolute atomic E-state index is 5.31. The van der Waals surface area contributed by atoms with Gasteiger partial charge in [0.2, 0.25) is 0 Å². The van der Waals surface area contributed by atoms with Crippen LogP contribution in [0.2, 0.25) is 0 Å². The Balaban J connectivity index is 0.000000137. The molecule has 0 saturated carbocycles. The van der Waals surface area contributed by atoms with E-state index in [1.54, 1.807) is 0 Å². The molecule has 129 heavy (non-hydrogen) atoms. The van der Waals surface area contributed by atoms with Crippen LogP contribution in [-0.2, 0) is 10.8 Å². The van der Waals surface area contributed by atoms with Crippen LogP contribution in [0.3, 0.4) is 0 Å². The zero-order valence-corrected chi connectivity index (χ0v) is 70.5. The summed E-state index contributed by atoms with van der Waals surface area (Å²) < 4.78 is 0. The van der Waals surface area contributed by atoms with Gasteiger partial charge in [-0.05, 0) is 259 Å². The van der Waals surface area contributed by atoms with E-state index >= 15 is 0 Å². The van der Waals surface area contributed by atoms with Crippen molar-refractivity contribution in [1.29, 1.82) is 0 Å². The molecule has 23 aromatic rings. The van der Waals surface area contributed by atoms with Gasteiger partial charge in [-0.15, -0.1) is 0 Å². The predicted molar refractivity (Wildman–Crippen MR) is 539 cm³/mol. The minimum atomic E-state index is -0.488. The van der Waals surface area contributed by atoms with Gasteiger partial charge in [0, 0.05) is 40.3 Å². The molecule has 0 saturated heterocycles. The van der Waals surface area contributed by atoms with E-state index < -0.39 is 5.41 Å². The lowest BCUT2D eigenvalue weighted by Gasteiger charge is -2.45. The molecule has 0 radical (unpaired) electrons. The first-order valence-electron chi connectivity index (χ1n) is 44.7. The minimum absolute atomic E-state index is 0.376. The van der Waals surface area contributed by atoms with E-state index in [1.165, 1.54) is 204 Å². The highest BCUT2D eigenvalue weighted by atomic mass is 15.2. The van der Waals surface area contributed by atoms with Crippen molar-refractivity contribution in [2.45, 2.75) is 10.8 Å². The molecule has 0 fully saturated rings. The molecule has 1 aliphatic heterocycles. The third kappa shape index (κ3) is 11.3. The Bertz CT molecular complexity index is 8310. The molecular formula is C126H79N3. The van der Waals surface area contributed by atoms with Gasteiger partial charge in [0.05, 0.1) is 33.6 Å². The second kappa shape index (κ2) is 29.5. The maximum atomic E-state index is 5.31. The molecule has 0 unspecified atom stereocenters. The molecule has 0 atom stereocenters. The molecule has 27 rings (SSSR count). The summed E-state index contributed by atoms with van der Waals surface area (Å²) in [4.78, 5) is 13.0. The molecular weight excluding hydrogens is 1560 g/mol. The third-order valence-corrected chi connectivity index (χ3v) is 28.2. The molecule has 0 N–H and O–H groups in total. The van der Waals surface area contributed by atoms with Crippen molar-refractivity contribution in [3.63, 3.8) is 0 Å². The molecule has 3 aliphatic carbocycles. The van der Waals surface area contributed by atoms with Crippen LogP contribution in [0.5, 0.6) is 0 Å². The number of hydrogen-bond acceptors (Lipinski definition) is 3. The van der Waals surface area contributed by atoms with Crippen LogP contribution in [0, 0.1) is 0 Å². The minimum Gasteiger partial charge on any atom is -0.310 e. The molecule has 4 aliphatic rings. The first-order chi connectivity index (χ1) is 64.0. The van der Waals surface area contributed by atoms with Gasteiger partial charge >= 0.3 is 0 Å². The monoisotopic (exact) mass is 1630 g/mol. The fraction of sp³-hybridized carbons (Fsp3) is 0.0159. The topological polar surface area (TPSA) is 29.0 Å². The first kappa shape index (κ1) is 73.8. The SMILES string of the molecule is c1ccc(N2c3ccccc3C3(c4ccccc4-c4cc(-c5ccc(-c6c7ccccc7c(-c7ccc(-c8ccc9ccccc9c8)cc7)c7ccccc67)nc5)ccc43)c3ccccc32)cc1.c1ccc2c(c1)-c1ccccc1C21c2ccccc2-c2ccc(-c3ccc(-c4c5ccccc5c(-c5ccc(-c6ccc7ccccc7c6)cc5)c5ccccc45)nc3)cc21. The third-order valence-electron chi connectivity index (χ3n) is 28.2. The highest BCUT2D eigenvalue weighted by molar-refractivity contribution is 6.23. The Kier molecular flexibility index (Phi) is 16.9. The smallest absolute Gasteiger partial charge is 0.0754 e. The van der Waals surface area contributed by atoms with E-state index in [0.29, 0.717) is 0 Å². The number of pyridine rings is 2. The second-order valence-electron chi connectivity index (χ2n) is 34.7. The molecule has 3 nitrogen and oxygen atoms in total. The van der Waals surface area contributed by atoms with Crippen molar-refractivity contribution in [1.82, 2.24) is 9.97 Å². The molecule has 3 heteroatoms. The number of anilines is 3. The summed E-state index contributed by atoms with van der Waals surface area (Å²) in [5.41, 5.74) is 39.6. The van der Waals surface area contributed by atoms with Crippen LogP contribution in [0.1, 0.15) is 44.5 Å². The van der Waals surface area contributed by atoms with Gasteiger partial charge in [-0.2, -0.15) is 0 Å². The summed E-state index contributed by atoms with van der Waals surface area (Å²) in [7, 11) is 0. The lowest BCUT2D eigenvalue weighted by atomic mass is 9.64. The maximum Gasteiger partial charge on any atom is 0.0754 e. The fourth-order valence-corrected chi connectivity index (χ4v) is 22.7. The van der Waals surface area contributed by atoms with E-state index in [0.717, 1.165) is 44.9 Å². The number of hydrogen-bond donors (Lipinski definition) is 0. The van der Waals surface area contributed by atoms with Gasteiger partial charge in [0.1, 0.15) is 0 Å². The Morgan fingerprint density at radius 3 is 0.868 bits per heavy atom. The Morgan fingerprint density at radius 1 is 0.163 bits per heavy atom. The zero-order valence-electron chi connectivity index (χ0n) is 70.5. The highest BCUT2D eigenvalue weighted by Gasteiger charge is 2.53. The van der Waals surface area contributed by atoms with Crippen molar-refractivity contribution in [3.8, 4) is 123 Å². The van der Waals surface area contributed by atoms with Crippen LogP contribution >= 0.6 is 0 Å². The average Bonchev–Trinajstić information content (AvgIpc) is 1.52. The van der Waals surface area contributed by atoms with Crippen LogP contribution in [0.4, 0.5) is 17.1 Å². The molecule has 2 aromatic heterocycles. The van der Waals surface area contributed by atoms with Gasteiger partial charge in [0.15, 0.2) is 0 Å². The van der Waals surface area contributed by atoms with E-state index in [4.69, 9.17) is 9.97 Å². The largest absolute Gasteiger partial charge is 0.310 e. The summed E-state index contributed by atoms with van der Waals surface area (Å²) in [5, 5.41) is 14.7. The van der Waals surface area contributed by atoms with Crippen molar-refractivity contribution in [3.05, 3.63) is 524 Å². The lowest BCUT2D eigenvalue weighted by Crippen LogP contribution is -2.36. The number of nitrogens with zero attached hydrogens (tertiary/aromatic N) is 3. The summed E-state index contributed by atoms with van der Waals surface area (Å²) in [6.07, 6.45) is 4.14. The van der Waals surface area contributed by atoms with Crippen molar-refractivity contribution < 1.29 is 0 Å². The molecule has 3 heterocycles. The Morgan fingerprint density at radius 2 is 0.450 bits per heavy atom. The highest BCUT2D eigenvalue weighted by Crippen LogP contribution is 2.66. The first-order valence-corrected chi connectivity index (χ1v) is 44.7. The van der Waals surface area contributed by atoms with E-state index in [2.05, 4.69) is 484 Å². The average molecular weight is 1640 g/mol. The van der Waals surface area contributed by atoms with Gasteiger partial charge in [-0.25, -0.2) is 0 Å². The van der Waals surface area contributed by atoms with Gasteiger partial charge < -0.3 is 4.90 Å². The second-order valence-corrected chi connectivity index (χ2v) is 34.7. The quantitative estimate of drug-likeness (QED) is 0.135. The molecule has 21 aromatic carbocycles. The summed E-state index contributed by atoms with van der Waals surface area (Å²) in [5.74, 6) is 0. The van der Waals surface area contributed by atoms with Crippen molar-refractivity contribution in [2.75, 3.05) is 4.90 Å². The van der Waals surface area contributed by atoms with Crippen molar-refractivity contribution in [2.24, 2.45) is 0 Å². The van der Waals surface area contributed by atoms with Crippen LogP contribution in [0.15, 0.2) is 480 Å². The number of aromatic nitrogens is 2. The van der Waals surface area contributed by atoms with Gasteiger partial charge in [-0.3, -0.25) is 9.97 Å². The van der Waals surface area contributed by atoms with Crippen LogP contribution in [-0.4, -0.2) is 9.97 Å². The predicted octanol–water partition coefficient (Wildman–Crippen LogP) is 32.9. The molecule has 0 bridgehead atoms. The van der Waals surface area contributed by atoms with Crippen molar-refractivity contribution >= 4 is 81.7 Å². The summed E-state index contributed by atoms with van der Waals surface area (Å²) >= 11 is 0. The van der Waals surface area contributed by atoms with E-state index in [-0.39, 0.29) is 5.41 Å². The van der Waals surface area contributed by atoms with Crippen LogP contribution < -0.4 is 4.90 Å². The zero-order chi connectivity index (χ0) is 84.8. The summed E-state index contributed by atoms with van der Waals surface area (Å²) in [6.45, 7) is 0. The number of fused-ring (bicyclic) bond motifs is 25. The standard InChI is InChI=1S/C66H42N2.C60H37N/c1-2-18-50(19-3-1)68-62-28-14-12-26-59(62)66(60-27-13-15-29-63(60)68)57-25-11-10-20-51(57)56-41-48(36-38-58(56)66)49-37-39-61(67-42-49)65-54-23-8-6-21-52(54)64(53-22-7-9-24-55(53)65)45-33-30-44(31-34-45)47-35-32-43-16-4-5-17-46(43)40-47;1-2-14-41-35-42(30-27-38(41)13-1)39-25-28-40(29-26-39)58-49-18-3-5-20-51(49)59(52-21-6-4-19-50(52)58)57-34-32-44(37-61-57)43-31-33-48-47-17-9-12-24-55(47)60(56(48)36-43)53-22-10-7-15-45(53)46-16-8-11-23-54(46)60/h1-42H;1-37H. The van der Waals surface area contributed by atoms with Crippen LogP contribution in [0.25, 0.3) is 187 Å². The van der Waals surface area contributed by atoms with Gasteiger partial charge in [-0.1, -0.05) is 406 Å². The molecule has 0 amide bonds. The Labute approximate surface area is 748 Å². The molecule has 2 spiro atoms. The van der Waals surface area contributed by atoms with E-state index in [1.807, 2.05) is 0 Å². The lowest BCUT2D eigenvalue weighted by molar-refractivity contribution is 0.753. The van der Waals surface area contributed by atoms with E-state index in [9.17, 15) is 0 Å².